The molecule has 1 heteroatoms. The van der Waals surface area contributed by atoms with E-state index in [0.29, 0.717) is 5.41 Å². The standard InChI is InChI=1S/C15H29N/c1-4-11-16-14-12-9-7-5-6-8-10-13(12)15(14,2)3/h12-14,16H,4-11H2,1-3H3. The van der Waals surface area contributed by atoms with Crippen molar-refractivity contribution in [3.05, 3.63) is 0 Å². The van der Waals surface area contributed by atoms with Gasteiger partial charge in [-0.15, -0.1) is 0 Å². The first-order valence-electron chi connectivity index (χ1n) is 7.41. The first-order chi connectivity index (χ1) is 7.68. The first kappa shape index (κ1) is 12.4. The van der Waals surface area contributed by atoms with Crippen molar-refractivity contribution in [2.75, 3.05) is 6.54 Å². The summed E-state index contributed by atoms with van der Waals surface area (Å²) in [6.45, 7) is 8.46. The van der Waals surface area contributed by atoms with E-state index in [4.69, 9.17) is 0 Å². The molecule has 0 aliphatic heterocycles. The molecule has 16 heavy (non-hydrogen) atoms. The van der Waals surface area contributed by atoms with Gasteiger partial charge >= 0.3 is 0 Å². The van der Waals surface area contributed by atoms with Gasteiger partial charge in [-0.25, -0.2) is 0 Å². The van der Waals surface area contributed by atoms with Crippen LogP contribution < -0.4 is 5.32 Å². The zero-order chi connectivity index (χ0) is 11.6. The minimum Gasteiger partial charge on any atom is -0.313 e. The molecule has 3 atom stereocenters. The predicted octanol–water partition coefficient (Wildman–Crippen LogP) is 3.98. The summed E-state index contributed by atoms with van der Waals surface area (Å²) in [5.74, 6) is 1.99. The second-order valence-corrected chi connectivity index (χ2v) is 6.52. The van der Waals surface area contributed by atoms with Gasteiger partial charge in [-0.05, 0) is 43.1 Å². The van der Waals surface area contributed by atoms with Gasteiger partial charge in [-0.2, -0.15) is 0 Å². The number of hydrogen-bond donors (Lipinski definition) is 1. The van der Waals surface area contributed by atoms with E-state index in [0.717, 1.165) is 17.9 Å². The summed E-state index contributed by atoms with van der Waals surface area (Å²) in [6, 6.07) is 0.801. The van der Waals surface area contributed by atoms with Gasteiger partial charge in [0.15, 0.2) is 0 Å². The minimum absolute atomic E-state index is 0.553. The van der Waals surface area contributed by atoms with Crippen LogP contribution >= 0.6 is 0 Å². The van der Waals surface area contributed by atoms with E-state index in [1.807, 2.05) is 0 Å². The highest BCUT2D eigenvalue weighted by atomic mass is 15.0. The van der Waals surface area contributed by atoms with Crippen LogP contribution in [0.2, 0.25) is 0 Å². The van der Waals surface area contributed by atoms with Gasteiger partial charge in [0, 0.05) is 6.04 Å². The molecule has 94 valence electrons. The van der Waals surface area contributed by atoms with Crippen LogP contribution in [0.4, 0.5) is 0 Å². The summed E-state index contributed by atoms with van der Waals surface area (Å²) in [4.78, 5) is 0. The maximum atomic E-state index is 3.81. The topological polar surface area (TPSA) is 12.0 Å². The quantitative estimate of drug-likeness (QED) is 0.763. The fourth-order valence-corrected chi connectivity index (χ4v) is 4.21. The Morgan fingerprint density at radius 3 is 2.44 bits per heavy atom. The van der Waals surface area contributed by atoms with Crippen molar-refractivity contribution < 1.29 is 0 Å². The third-order valence-corrected chi connectivity index (χ3v) is 5.12. The van der Waals surface area contributed by atoms with Crippen LogP contribution in [-0.2, 0) is 0 Å². The maximum absolute atomic E-state index is 3.81. The van der Waals surface area contributed by atoms with Gasteiger partial charge in [0.25, 0.3) is 0 Å². The lowest BCUT2D eigenvalue weighted by Gasteiger charge is -2.60. The zero-order valence-electron chi connectivity index (χ0n) is 11.4. The normalized spacial score (nSPS) is 38.1. The molecule has 2 saturated carbocycles. The van der Waals surface area contributed by atoms with Crippen molar-refractivity contribution >= 4 is 0 Å². The van der Waals surface area contributed by atoms with Crippen molar-refractivity contribution in [1.29, 1.82) is 0 Å². The van der Waals surface area contributed by atoms with E-state index in [1.54, 1.807) is 0 Å². The molecule has 1 nitrogen and oxygen atoms in total. The van der Waals surface area contributed by atoms with Crippen LogP contribution in [0.3, 0.4) is 0 Å². The molecular weight excluding hydrogens is 194 g/mol. The third-order valence-electron chi connectivity index (χ3n) is 5.12. The number of hydrogen-bond acceptors (Lipinski definition) is 1. The van der Waals surface area contributed by atoms with Crippen molar-refractivity contribution in [2.24, 2.45) is 17.3 Å². The molecular formula is C15H29N. The Bertz CT molecular complexity index is 221. The van der Waals surface area contributed by atoms with Crippen LogP contribution in [0.1, 0.15) is 65.7 Å². The molecule has 0 aromatic rings. The molecule has 3 unspecified atom stereocenters. The van der Waals surface area contributed by atoms with Gasteiger partial charge in [0.05, 0.1) is 0 Å². The molecule has 0 heterocycles. The zero-order valence-corrected chi connectivity index (χ0v) is 11.4. The van der Waals surface area contributed by atoms with E-state index < -0.39 is 0 Å². The predicted molar refractivity (Wildman–Crippen MR) is 70.5 cm³/mol. The van der Waals surface area contributed by atoms with Crippen molar-refractivity contribution in [3.63, 3.8) is 0 Å². The lowest BCUT2D eigenvalue weighted by atomic mass is 9.49. The van der Waals surface area contributed by atoms with E-state index in [9.17, 15) is 0 Å². The van der Waals surface area contributed by atoms with Gasteiger partial charge in [-0.1, -0.05) is 46.5 Å². The minimum atomic E-state index is 0.553. The number of nitrogens with one attached hydrogen (secondary N) is 1. The Hall–Kier alpha value is -0.0400. The fraction of sp³-hybridized carbons (Fsp3) is 1.00. The summed E-state index contributed by atoms with van der Waals surface area (Å²) in [5, 5.41) is 3.81. The molecule has 2 aliphatic carbocycles. The summed E-state index contributed by atoms with van der Waals surface area (Å²) < 4.78 is 0. The largest absolute Gasteiger partial charge is 0.313 e. The average molecular weight is 223 g/mol. The molecule has 0 spiro atoms. The molecule has 0 bridgehead atoms. The lowest BCUT2D eigenvalue weighted by molar-refractivity contribution is -0.0764. The monoisotopic (exact) mass is 223 g/mol. The van der Waals surface area contributed by atoms with Crippen molar-refractivity contribution in [2.45, 2.75) is 71.8 Å². The lowest BCUT2D eigenvalue weighted by Crippen LogP contribution is -2.64. The smallest absolute Gasteiger partial charge is 0.0152 e. The average Bonchev–Trinajstić information content (AvgIpc) is 2.20. The first-order valence-corrected chi connectivity index (χ1v) is 7.41. The van der Waals surface area contributed by atoms with E-state index >= 15 is 0 Å². The molecule has 0 radical (unpaired) electrons. The molecule has 0 aromatic carbocycles. The van der Waals surface area contributed by atoms with E-state index in [1.165, 1.54) is 51.5 Å². The van der Waals surface area contributed by atoms with Crippen LogP contribution in [0.5, 0.6) is 0 Å². The highest BCUT2D eigenvalue weighted by Crippen LogP contribution is 2.55. The molecule has 2 rings (SSSR count). The second kappa shape index (κ2) is 5.08. The Kier molecular flexibility index (Phi) is 3.94. The molecule has 2 aliphatic rings. The summed E-state index contributed by atoms with van der Waals surface area (Å²) in [5.41, 5.74) is 0.553. The SMILES string of the molecule is CCCNC1C2CCCCCCC2C1(C)C. The van der Waals surface area contributed by atoms with Gasteiger partial charge in [0.2, 0.25) is 0 Å². The molecule has 0 aromatic heterocycles. The van der Waals surface area contributed by atoms with Gasteiger partial charge < -0.3 is 5.32 Å². The molecule has 0 amide bonds. The van der Waals surface area contributed by atoms with E-state index in [-0.39, 0.29) is 0 Å². The maximum Gasteiger partial charge on any atom is 0.0152 e. The summed E-state index contributed by atoms with van der Waals surface area (Å²) in [7, 11) is 0. The molecule has 0 saturated heterocycles. The van der Waals surface area contributed by atoms with Gasteiger partial charge in [0.1, 0.15) is 0 Å². The second-order valence-electron chi connectivity index (χ2n) is 6.52. The summed E-state index contributed by atoms with van der Waals surface area (Å²) >= 11 is 0. The van der Waals surface area contributed by atoms with Crippen LogP contribution in [0.15, 0.2) is 0 Å². The fourth-order valence-electron chi connectivity index (χ4n) is 4.21. The van der Waals surface area contributed by atoms with Crippen molar-refractivity contribution in [1.82, 2.24) is 5.32 Å². The number of rotatable bonds is 3. The van der Waals surface area contributed by atoms with Crippen LogP contribution in [-0.4, -0.2) is 12.6 Å². The van der Waals surface area contributed by atoms with E-state index in [2.05, 4.69) is 26.1 Å². The highest BCUT2D eigenvalue weighted by Gasteiger charge is 2.54. The third kappa shape index (κ3) is 2.16. The Morgan fingerprint density at radius 2 is 1.75 bits per heavy atom. The Balaban J connectivity index is 1.97. The Labute approximate surface area is 101 Å². The molecule has 2 fully saturated rings. The van der Waals surface area contributed by atoms with Crippen molar-refractivity contribution in [3.8, 4) is 0 Å². The van der Waals surface area contributed by atoms with Crippen LogP contribution in [0, 0.1) is 17.3 Å². The van der Waals surface area contributed by atoms with Crippen LogP contribution in [0.25, 0.3) is 0 Å². The summed E-state index contributed by atoms with van der Waals surface area (Å²) in [6.07, 6.45) is 10.1. The molecule has 1 N–H and O–H groups in total. The van der Waals surface area contributed by atoms with Gasteiger partial charge in [-0.3, -0.25) is 0 Å². The number of fused-ring (bicyclic) bond motifs is 1. The Morgan fingerprint density at radius 1 is 1.06 bits per heavy atom. The highest BCUT2D eigenvalue weighted by molar-refractivity contribution is 5.07.